The van der Waals surface area contributed by atoms with Gasteiger partial charge in [0.2, 0.25) is 0 Å². The van der Waals surface area contributed by atoms with Gasteiger partial charge in [0, 0.05) is 44.8 Å². The number of morpholine rings is 1. The number of amidine groups is 1. The number of nitriles is 1. The maximum Gasteiger partial charge on any atom is 0.320 e. The van der Waals surface area contributed by atoms with Gasteiger partial charge in [0.1, 0.15) is 24.3 Å². The second-order valence-electron chi connectivity index (χ2n) is 8.76. The summed E-state index contributed by atoms with van der Waals surface area (Å²) in [6.07, 6.45) is 0.874. The van der Waals surface area contributed by atoms with Gasteiger partial charge in [-0.2, -0.15) is 5.26 Å². The summed E-state index contributed by atoms with van der Waals surface area (Å²) in [5.74, 6) is 1.57. The minimum Gasteiger partial charge on any atom is -0.488 e. The van der Waals surface area contributed by atoms with E-state index in [1.54, 1.807) is 0 Å². The zero-order chi connectivity index (χ0) is 23.5. The van der Waals surface area contributed by atoms with Gasteiger partial charge in [-0.15, -0.1) is 0 Å². The van der Waals surface area contributed by atoms with E-state index in [0.717, 1.165) is 47.8 Å². The van der Waals surface area contributed by atoms with Gasteiger partial charge < -0.3 is 24.2 Å². The van der Waals surface area contributed by atoms with Crippen molar-refractivity contribution in [2.75, 3.05) is 52.5 Å². The van der Waals surface area contributed by atoms with Gasteiger partial charge in [0.05, 0.1) is 24.5 Å². The molecule has 2 saturated heterocycles. The Morgan fingerprint density at radius 1 is 0.971 bits per heavy atom. The van der Waals surface area contributed by atoms with E-state index < -0.39 is 0 Å². The van der Waals surface area contributed by atoms with Crippen LogP contribution in [0.25, 0.3) is 11.1 Å². The summed E-state index contributed by atoms with van der Waals surface area (Å²) in [5, 5.41) is 10.0. The number of hydrogen-bond donors (Lipinski definition) is 0. The van der Waals surface area contributed by atoms with Crippen LogP contribution in [0.2, 0.25) is 0 Å². The van der Waals surface area contributed by atoms with E-state index in [-0.39, 0.29) is 6.03 Å². The van der Waals surface area contributed by atoms with Gasteiger partial charge in [0.25, 0.3) is 0 Å². The maximum atomic E-state index is 12.9. The molecule has 2 amide bonds. The zero-order valence-electron chi connectivity index (χ0n) is 19.5. The summed E-state index contributed by atoms with van der Waals surface area (Å²) in [6.45, 7) is 7.92. The van der Waals surface area contributed by atoms with Gasteiger partial charge in [-0.3, -0.25) is 0 Å². The summed E-state index contributed by atoms with van der Waals surface area (Å²) in [7, 11) is 0. The van der Waals surface area contributed by atoms with E-state index in [0.29, 0.717) is 57.3 Å². The monoisotopic (exact) mass is 459 g/mol. The van der Waals surface area contributed by atoms with Crippen LogP contribution in [0.4, 0.5) is 10.5 Å². The molecule has 2 aromatic rings. The molecule has 2 aromatic carbocycles. The van der Waals surface area contributed by atoms with Crippen molar-refractivity contribution in [3.8, 4) is 22.9 Å². The lowest BCUT2D eigenvalue weighted by atomic mass is 9.92. The first kappa shape index (κ1) is 22.2. The van der Waals surface area contributed by atoms with Crippen molar-refractivity contribution >= 4 is 17.6 Å². The number of urea groups is 1. The van der Waals surface area contributed by atoms with E-state index in [1.807, 2.05) is 53.1 Å². The SMILES string of the molecule is C/C(=N\c1ccc2c(c1C#N)-c1ccccc1CO2)N1CCCN(C(=O)N2CCOCC2)CC1. The molecule has 0 aromatic heterocycles. The van der Waals surface area contributed by atoms with Crippen LogP contribution < -0.4 is 4.74 Å². The third-order valence-corrected chi connectivity index (χ3v) is 6.71. The molecule has 0 N–H and O–H groups in total. The van der Waals surface area contributed by atoms with E-state index in [2.05, 4.69) is 11.0 Å². The summed E-state index contributed by atoms with van der Waals surface area (Å²) < 4.78 is 11.3. The third-order valence-electron chi connectivity index (χ3n) is 6.71. The van der Waals surface area contributed by atoms with E-state index in [9.17, 15) is 10.1 Å². The Hall–Kier alpha value is -3.57. The normalized spacial score (nSPS) is 18.4. The average molecular weight is 460 g/mol. The zero-order valence-corrected chi connectivity index (χ0v) is 19.5. The fourth-order valence-electron chi connectivity index (χ4n) is 4.84. The molecule has 0 aliphatic carbocycles. The number of fused-ring (bicyclic) bond motifs is 3. The third kappa shape index (κ3) is 4.31. The molecule has 0 bridgehead atoms. The minimum atomic E-state index is 0.0971. The van der Waals surface area contributed by atoms with Crippen molar-refractivity contribution in [1.82, 2.24) is 14.7 Å². The highest BCUT2D eigenvalue weighted by atomic mass is 16.5. The maximum absolute atomic E-state index is 12.9. The lowest BCUT2D eigenvalue weighted by Gasteiger charge is -2.32. The number of benzene rings is 2. The largest absolute Gasteiger partial charge is 0.488 e. The number of amides is 2. The Morgan fingerprint density at radius 2 is 1.71 bits per heavy atom. The number of carbonyl (C=O) groups excluding carboxylic acids is 1. The van der Waals surface area contributed by atoms with Gasteiger partial charge in [-0.1, -0.05) is 24.3 Å². The number of carbonyl (C=O) groups is 1. The summed E-state index contributed by atoms with van der Waals surface area (Å²) in [5.41, 5.74) is 4.09. The van der Waals surface area contributed by atoms with Gasteiger partial charge in [0.15, 0.2) is 0 Å². The van der Waals surface area contributed by atoms with E-state index >= 15 is 0 Å². The Kier molecular flexibility index (Phi) is 6.37. The second kappa shape index (κ2) is 9.74. The molecule has 0 unspecified atom stereocenters. The van der Waals surface area contributed by atoms with Crippen LogP contribution in [0.5, 0.6) is 5.75 Å². The Balaban J connectivity index is 1.35. The highest BCUT2D eigenvalue weighted by Crippen LogP contribution is 2.43. The highest BCUT2D eigenvalue weighted by molar-refractivity contribution is 5.88. The molecule has 8 heteroatoms. The number of rotatable bonds is 1. The Labute approximate surface area is 200 Å². The topological polar surface area (TPSA) is 81.4 Å². The number of aliphatic imine (C=N–C) groups is 1. The van der Waals surface area contributed by atoms with Crippen LogP contribution in [-0.2, 0) is 11.3 Å². The molecular formula is C26H29N5O3. The van der Waals surface area contributed by atoms with E-state index in [1.165, 1.54) is 0 Å². The smallest absolute Gasteiger partial charge is 0.320 e. The first-order chi connectivity index (χ1) is 16.7. The molecule has 8 nitrogen and oxygen atoms in total. The first-order valence-electron chi connectivity index (χ1n) is 11.9. The van der Waals surface area contributed by atoms with Crippen molar-refractivity contribution < 1.29 is 14.3 Å². The predicted molar refractivity (Wildman–Crippen MR) is 129 cm³/mol. The standard InChI is InChI=1S/C26H29N5O3/c1-19(29-9-4-10-30(12-11-29)26(32)31-13-15-33-16-14-31)28-23-7-8-24-25(22(23)17-27)21-6-3-2-5-20(21)18-34-24/h2-3,5-8H,4,9-16,18H2,1H3/b28-19+. The average Bonchev–Trinajstić information content (AvgIpc) is 3.15. The Morgan fingerprint density at radius 3 is 2.53 bits per heavy atom. The lowest BCUT2D eigenvalue weighted by Crippen LogP contribution is -2.49. The highest BCUT2D eigenvalue weighted by Gasteiger charge is 2.26. The molecule has 0 atom stereocenters. The Bertz CT molecular complexity index is 1150. The number of hydrogen-bond acceptors (Lipinski definition) is 5. The fraction of sp³-hybridized carbons (Fsp3) is 0.423. The van der Waals surface area contributed by atoms with E-state index in [4.69, 9.17) is 14.5 Å². The lowest BCUT2D eigenvalue weighted by molar-refractivity contribution is 0.0437. The summed E-state index contributed by atoms with van der Waals surface area (Å²) in [4.78, 5) is 23.8. The molecule has 0 radical (unpaired) electrons. The second-order valence-corrected chi connectivity index (χ2v) is 8.76. The van der Waals surface area contributed by atoms with Crippen molar-refractivity contribution in [3.63, 3.8) is 0 Å². The molecule has 3 heterocycles. The molecule has 3 aliphatic heterocycles. The molecule has 176 valence electrons. The molecule has 3 aliphatic rings. The minimum absolute atomic E-state index is 0.0971. The quantitative estimate of drug-likeness (QED) is 0.481. The van der Waals surface area contributed by atoms with Crippen LogP contribution in [0, 0.1) is 11.3 Å². The fourth-order valence-corrected chi connectivity index (χ4v) is 4.84. The summed E-state index contributed by atoms with van der Waals surface area (Å²) >= 11 is 0. The predicted octanol–water partition coefficient (Wildman–Crippen LogP) is 3.63. The van der Waals surface area contributed by atoms with Crippen molar-refractivity contribution in [1.29, 1.82) is 5.26 Å². The van der Waals surface area contributed by atoms with Gasteiger partial charge in [-0.05, 0) is 36.6 Å². The van der Waals surface area contributed by atoms with Crippen molar-refractivity contribution in [2.24, 2.45) is 4.99 Å². The first-order valence-corrected chi connectivity index (χ1v) is 11.9. The molecule has 2 fully saturated rings. The molecule has 5 rings (SSSR count). The van der Waals surface area contributed by atoms with Crippen LogP contribution in [0.15, 0.2) is 41.4 Å². The molecule has 0 saturated carbocycles. The van der Waals surface area contributed by atoms with Crippen LogP contribution in [-0.4, -0.2) is 79.0 Å². The molecular weight excluding hydrogens is 430 g/mol. The van der Waals surface area contributed by atoms with Crippen molar-refractivity contribution in [3.05, 3.63) is 47.5 Å². The van der Waals surface area contributed by atoms with Gasteiger partial charge in [-0.25, -0.2) is 9.79 Å². The molecule has 34 heavy (non-hydrogen) atoms. The summed E-state index contributed by atoms with van der Waals surface area (Å²) in [6, 6.07) is 14.3. The van der Waals surface area contributed by atoms with Gasteiger partial charge >= 0.3 is 6.03 Å². The number of nitrogens with zero attached hydrogens (tertiary/aromatic N) is 5. The molecule has 0 spiro atoms. The van der Waals surface area contributed by atoms with Crippen LogP contribution >= 0.6 is 0 Å². The van der Waals surface area contributed by atoms with Crippen LogP contribution in [0.1, 0.15) is 24.5 Å². The van der Waals surface area contributed by atoms with Crippen molar-refractivity contribution in [2.45, 2.75) is 20.0 Å². The van der Waals surface area contributed by atoms with Crippen LogP contribution in [0.3, 0.4) is 0 Å². The number of ether oxygens (including phenoxy) is 2.